The first kappa shape index (κ1) is 10.5. The molecule has 0 radical (unpaired) electrons. The highest BCUT2D eigenvalue weighted by molar-refractivity contribution is 7.94. The van der Waals surface area contributed by atoms with E-state index >= 15 is 0 Å². The maximum Gasteiger partial charge on any atom is 0.134 e. The van der Waals surface area contributed by atoms with Crippen LogP contribution in [0.15, 0.2) is 4.36 Å². The van der Waals surface area contributed by atoms with Gasteiger partial charge in [0.25, 0.3) is 0 Å². The first-order valence-electron chi connectivity index (χ1n) is 4.48. The maximum absolute atomic E-state index is 12.0. The minimum atomic E-state index is -2.35. The lowest BCUT2D eigenvalue weighted by Gasteiger charge is -2.17. The third kappa shape index (κ3) is 2.44. The first-order valence-corrected chi connectivity index (χ1v) is 6.40. The third-order valence-electron chi connectivity index (χ3n) is 2.49. The van der Waals surface area contributed by atoms with Gasteiger partial charge in [0.05, 0.1) is 22.3 Å². The second-order valence-corrected chi connectivity index (χ2v) is 7.06. The van der Waals surface area contributed by atoms with Crippen LogP contribution >= 0.6 is 0 Å². The summed E-state index contributed by atoms with van der Waals surface area (Å²) < 4.78 is 15.3. The molecular formula is C9H16N2OS. The van der Waals surface area contributed by atoms with Crippen LogP contribution in [0.5, 0.6) is 0 Å². The lowest BCUT2D eigenvalue weighted by molar-refractivity contribution is 0.657. The molecule has 0 heterocycles. The fraction of sp³-hybridized carbons (Fsp3) is 0.889. The molecule has 0 aromatic carbocycles. The highest BCUT2D eigenvalue weighted by Crippen LogP contribution is 2.30. The summed E-state index contributed by atoms with van der Waals surface area (Å²) in [5.41, 5.74) is 0. The van der Waals surface area contributed by atoms with Crippen molar-refractivity contribution in [1.29, 1.82) is 5.26 Å². The van der Waals surface area contributed by atoms with Crippen LogP contribution in [0.3, 0.4) is 0 Å². The van der Waals surface area contributed by atoms with E-state index in [4.69, 9.17) is 5.26 Å². The van der Waals surface area contributed by atoms with E-state index in [9.17, 15) is 4.21 Å². The van der Waals surface area contributed by atoms with E-state index in [1.54, 1.807) is 20.1 Å². The summed E-state index contributed by atoms with van der Waals surface area (Å²) in [5, 5.41) is 8.82. The Morgan fingerprint density at radius 3 is 2.54 bits per heavy atom. The zero-order valence-corrected chi connectivity index (χ0v) is 9.23. The number of hydrogen-bond acceptors (Lipinski definition) is 3. The SMILES string of the molecule is CC(C)(C#N)S(C)(=O)=NCC1CC1. The Kier molecular flexibility index (Phi) is 2.67. The molecule has 0 aliphatic heterocycles. The number of nitriles is 1. The largest absolute Gasteiger partial charge is 0.248 e. The fourth-order valence-electron chi connectivity index (χ4n) is 0.794. The molecule has 1 saturated carbocycles. The molecule has 0 bridgehead atoms. The summed E-state index contributed by atoms with van der Waals surface area (Å²) in [6.45, 7) is 4.04. The molecule has 1 rings (SSSR count). The van der Waals surface area contributed by atoms with Crippen molar-refractivity contribution in [2.24, 2.45) is 10.3 Å². The monoisotopic (exact) mass is 200 g/mol. The predicted molar refractivity (Wildman–Crippen MR) is 53.8 cm³/mol. The molecule has 0 amide bonds. The standard InChI is InChI=1S/C9H16N2OS/c1-9(2,7-10)13(3,12)11-6-8-4-5-8/h8H,4-6H2,1-3H3. The Morgan fingerprint density at radius 2 is 2.15 bits per heavy atom. The van der Waals surface area contributed by atoms with E-state index in [-0.39, 0.29) is 0 Å². The van der Waals surface area contributed by atoms with Gasteiger partial charge in [-0.2, -0.15) is 5.26 Å². The number of nitrogens with zero attached hydrogens (tertiary/aromatic N) is 2. The Balaban J connectivity index is 2.80. The Bertz CT molecular complexity index is 341. The molecule has 13 heavy (non-hydrogen) atoms. The van der Waals surface area contributed by atoms with Crippen molar-refractivity contribution in [3.63, 3.8) is 0 Å². The van der Waals surface area contributed by atoms with Gasteiger partial charge in [0.1, 0.15) is 4.75 Å². The van der Waals surface area contributed by atoms with E-state index in [0.717, 1.165) is 0 Å². The molecule has 3 nitrogen and oxygen atoms in total. The molecule has 1 aliphatic rings. The molecule has 4 heteroatoms. The molecule has 74 valence electrons. The average Bonchev–Trinajstić information content (AvgIpc) is 2.83. The highest BCUT2D eigenvalue weighted by Gasteiger charge is 2.29. The molecule has 1 fully saturated rings. The van der Waals surface area contributed by atoms with Gasteiger partial charge in [-0.1, -0.05) is 0 Å². The zero-order valence-electron chi connectivity index (χ0n) is 8.41. The van der Waals surface area contributed by atoms with Crippen molar-refractivity contribution in [2.45, 2.75) is 31.4 Å². The van der Waals surface area contributed by atoms with Gasteiger partial charge in [-0.3, -0.25) is 0 Å². The normalized spacial score (nSPS) is 21.7. The van der Waals surface area contributed by atoms with Crippen molar-refractivity contribution in [1.82, 2.24) is 0 Å². The van der Waals surface area contributed by atoms with E-state index < -0.39 is 14.5 Å². The van der Waals surface area contributed by atoms with Crippen molar-refractivity contribution in [3.05, 3.63) is 0 Å². The second-order valence-electron chi connectivity index (χ2n) is 4.18. The quantitative estimate of drug-likeness (QED) is 0.697. The minimum Gasteiger partial charge on any atom is -0.248 e. The summed E-state index contributed by atoms with van der Waals surface area (Å²) in [6.07, 6.45) is 3.98. The predicted octanol–water partition coefficient (Wildman–Crippen LogP) is 1.80. The molecule has 1 atom stereocenters. The smallest absolute Gasteiger partial charge is 0.134 e. The van der Waals surface area contributed by atoms with Gasteiger partial charge in [-0.15, -0.1) is 0 Å². The summed E-state index contributed by atoms with van der Waals surface area (Å²) in [6, 6.07) is 2.06. The van der Waals surface area contributed by atoms with Gasteiger partial charge in [-0.05, 0) is 32.6 Å². The lowest BCUT2D eigenvalue weighted by atomic mass is 10.2. The van der Waals surface area contributed by atoms with Crippen LogP contribution in [0.1, 0.15) is 26.7 Å². The summed E-state index contributed by atoms with van der Waals surface area (Å²) in [5.74, 6) is 0.635. The average molecular weight is 200 g/mol. The molecule has 1 unspecified atom stereocenters. The summed E-state index contributed by atoms with van der Waals surface area (Å²) in [7, 11) is -2.35. The third-order valence-corrected chi connectivity index (χ3v) is 5.12. The summed E-state index contributed by atoms with van der Waals surface area (Å²) in [4.78, 5) is 0. The Labute approximate surface area is 80.3 Å². The van der Waals surface area contributed by atoms with Gasteiger partial charge in [0.2, 0.25) is 0 Å². The van der Waals surface area contributed by atoms with Gasteiger partial charge >= 0.3 is 0 Å². The molecule has 0 aromatic heterocycles. The van der Waals surface area contributed by atoms with E-state index in [2.05, 4.69) is 10.4 Å². The van der Waals surface area contributed by atoms with Crippen LogP contribution in [0.4, 0.5) is 0 Å². The van der Waals surface area contributed by atoms with Crippen LogP contribution < -0.4 is 0 Å². The topological polar surface area (TPSA) is 53.2 Å². The van der Waals surface area contributed by atoms with Crippen LogP contribution in [0.2, 0.25) is 0 Å². The van der Waals surface area contributed by atoms with Gasteiger partial charge in [0.15, 0.2) is 0 Å². The molecular weight excluding hydrogens is 184 g/mol. The van der Waals surface area contributed by atoms with Crippen molar-refractivity contribution >= 4 is 9.73 Å². The van der Waals surface area contributed by atoms with Crippen LogP contribution in [0, 0.1) is 17.2 Å². The maximum atomic E-state index is 12.0. The van der Waals surface area contributed by atoms with Crippen molar-refractivity contribution < 1.29 is 4.21 Å². The molecule has 0 N–H and O–H groups in total. The zero-order chi connectivity index (χ0) is 10.1. The second kappa shape index (κ2) is 3.30. The van der Waals surface area contributed by atoms with Gasteiger partial charge in [0, 0.05) is 6.26 Å². The van der Waals surface area contributed by atoms with Crippen molar-refractivity contribution in [3.8, 4) is 6.07 Å². The first-order chi connectivity index (χ1) is 5.89. The van der Waals surface area contributed by atoms with Gasteiger partial charge in [-0.25, -0.2) is 8.57 Å². The van der Waals surface area contributed by atoms with Crippen molar-refractivity contribution in [2.75, 3.05) is 12.8 Å². The summed E-state index contributed by atoms with van der Waals surface area (Å²) >= 11 is 0. The van der Waals surface area contributed by atoms with Crippen LogP contribution in [-0.2, 0) is 9.73 Å². The molecule has 1 aliphatic carbocycles. The fourth-order valence-corrected chi connectivity index (χ4v) is 1.78. The number of hydrogen-bond donors (Lipinski definition) is 0. The highest BCUT2D eigenvalue weighted by atomic mass is 32.2. The Hall–Kier alpha value is -0.560. The minimum absolute atomic E-state index is 0.635. The van der Waals surface area contributed by atoms with E-state index in [1.807, 2.05) is 0 Å². The van der Waals surface area contributed by atoms with Crippen LogP contribution in [-0.4, -0.2) is 21.8 Å². The van der Waals surface area contributed by atoms with Crippen LogP contribution in [0.25, 0.3) is 0 Å². The Morgan fingerprint density at radius 1 is 1.62 bits per heavy atom. The molecule has 0 saturated heterocycles. The lowest BCUT2D eigenvalue weighted by Crippen LogP contribution is -2.28. The van der Waals surface area contributed by atoms with Gasteiger partial charge < -0.3 is 0 Å². The molecule has 0 aromatic rings. The van der Waals surface area contributed by atoms with E-state index in [0.29, 0.717) is 12.5 Å². The molecule has 0 spiro atoms. The number of rotatable bonds is 3. The van der Waals surface area contributed by atoms with E-state index in [1.165, 1.54) is 12.8 Å².